The number of hydrogen-bond acceptors (Lipinski definition) is 4. The average molecular weight is 605 g/mol. The van der Waals surface area contributed by atoms with Crippen molar-refractivity contribution in [2.75, 3.05) is 10.8 Å². The molecule has 0 spiro atoms. The first-order valence-corrected chi connectivity index (χ1v) is 15.4. The van der Waals surface area contributed by atoms with Gasteiger partial charge in [-0.1, -0.05) is 79.0 Å². The smallest absolute Gasteiger partial charge is 0.264 e. The molecule has 3 aromatic carbocycles. The molecule has 2 atom stereocenters. The molecule has 214 valence electrons. The van der Waals surface area contributed by atoms with E-state index in [1.165, 1.54) is 17.0 Å². The lowest BCUT2D eigenvalue weighted by Gasteiger charge is -2.33. The van der Waals surface area contributed by atoms with Gasteiger partial charge in [-0.2, -0.15) is 0 Å². The third-order valence-corrected chi connectivity index (χ3v) is 9.18. The van der Waals surface area contributed by atoms with Crippen molar-refractivity contribution < 1.29 is 18.0 Å². The number of para-hydroxylation sites is 1. The molecule has 0 saturated carbocycles. The van der Waals surface area contributed by atoms with Crippen molar-refractivity contribution in [3.63, 3.8) is 0 Å². The number of nitrogens with one attached hydrogen (secondary N) is 1. The van der Waals surface area contributed by atoms with Crippen molar-refractivity contribution in [2.24, 2.45) is 0 Å². The van der Waals surface area contributed by atoms with Crippen LogP contribution >= 0.6 is 23.2 Å². The van der Waals surface area contributed by atoms with Gasteiger partial charge in [-0.15, -0.1) is 0 Å². The molecule has 2 amide bonds. The Morgan fingerprint density at radius 3 is 2.12 bits per heavy atom. The third-order valence-electron chi connectivity index (χ3n) is 6.66. The van der Waals surface area contributed by atoms with E-state index in [1.54, 1.807) is 60.7 Å². The van der Waals surface area contributed by atoms with E-state index < -0.39 is 28.5 Å². The SMILES string of the molecule is CCC(C)NC(=O)C(CC)N(Cc1ccc(Cl)c(Cl)c1)C(=O)CN(c1ccccc1)S(=O)(=O)c1ccc(C)cc1. The van der Waals surface area contributed by atoms with E-state index in [2.05, 4.69) is 5.32 Å². The Labute approximate surface area is 247 Å². The molecule has 3 rings (SSSR count). The second-order valence-electron chi connectivity index (χ2n) is 9.67. The number of sulfonamides is 1. The number of halogens is 2. The molecule has 0 radical (unpaired) electrons. The molecule has 0 fully saturated rings. The summed E-state index contributed by atoms with van der Waals surface area (Å²) in [5.74, 6) is -0.838. The quantitative estimate of drug-likeness (QED) is 0.266. The highest BCUT2D eigenvalue weighted by Gasteiger charge is 2.34. The third kappa shape index (κ3) is 7.77. The van der Waals surface area contributed by atoms with Crippen LogP contribution in [0.5, 0.6) is 0 Å². The van der Waals surface area contributed by atoms with Crippen LogP contribution in [-0.2, 0) is 26.2 Å². The van der Waals surface area contributed by atoms with E-state index in [9.17, 15) is 18.0 Å². The van der Waals surface area contributed by atoms with Crippen LogP contribution in [0.4, 0.5) is 5.69 Å². The van der Waals surface area contributed by atoms with E-state index >= 15 is 0 Å². The number of anilines is 1. The number of nitrogens with zero attached hydrogens (tertiary/aromatic N) is 2. The second-order valence-corrected chi connectivity index (χ2v) is 12.3. The molecule has 0 aliphatic carbocycles. The highest BCUT2D eigenvalue weighted by molar-refractivity contribution is 7.92. The lowest BCUT2D eigenvalue weighted by atomic mass is 10.1. The fourth-order valence-corrected chi connectivity index (χ4v) is 5.89. The Bertz CT molecular complexity index is 1420. The predicted octanol–water partition coefficient (Wildman–Crippen LogP) is 6.22. The van der Waals surface area contributed by atoms with Crippen molar-refractivity contribution in [1.82, 2.24) is 10.2 Å². The van der Waals surface area contributed by atoms with Crippen molar-refractivity contribution >= 4 is 50.7 Å². The van der Waals surface area contributed by atoms with Gasteiger partial charge in [0.25, 0.3) is 10.0 Å². The van der Waals surface area contributed by atoms with Gasteiger partial charge in [0.2, 0.25) is 11.8 Å². The summed E-state index contributed by atoms with van der Waals surface area (Å²) in [5.41, 5.74) is 1.90. The maximum Gasteiger partial charge on any atom is 0.264 e. The Kier molecular flexibility index (Phi) is 11.0. The van der Waals surface area contributed by atoms with E-state index in [0.717, 1.165) is 16.3 Å². The summed E-state index contributed by atoms with van der Waals surface area (Å²) in [6.07, 6.45) is 1.05. The molecule has 40 heavy (non-hydrogen) atoms. The van der Waals surface area contributed by atoms with Crippen molar-refractivity contribution in [3.8, 4) is 0 Å². The van der Waals surface area contributed by atoms with Gasteiger partial charge >= 0.3 is 0 Å². The fraction of sp³-hybridized carbons (Fsp3) is 0.333. The van der Waals surface area contributed by atoms with Gasteiger partial charge in [0.05, 0.1) is 20.6 Å². The molecular formula is C30H35Cl2N3O4S. The monoisotopic (exact) mass is 603 g/mol. The highest BCUT2D eigenvalue weighted by atomic mass is 35.5. The van der Waals surface area contributed by atoms with Crippen LogP contribution in [0.25, 0.3) is 0 Å². The Morgan fingerprint density at radius 2 is 1.55 bits per heavy atom. The number of aryl methyl sites for hydroxylation is 1. The van der Waals surface area contributed by atoms with Crippen molar-refractivity contribution in [1.29, 1.82) is 0 Å². The molecule has 0 heterocycles. The Balaban J connectivity index is 2.05. The predicted molar refractivity (Wildman–Crippen MR) is 161 cm³/mol. The summed E-state index contributed by atoms with van der Waals surface area (Å²) in [7, 11) is -4.11. The molecule has 2 unspecified atom stereocenters. The summed E-state index contributed by atoms with van der Waals surface area (Å²) < 4.78 is 28.8. The van der Waals surface area contributed by atoms with Gasteiger partial charge in [-0.05, 0) is 68.7 Å². The number of carbonyl (C=O) groups excluding carboxylic acids is 2. The van der Waals surface area contributed by atoms with Crippen molar-refractivity contribution in [2.45, 2.75) is 64.1 Å². The molecule has 0 bridgehead atoms. The minimum absolute atomic E-state index is 0.0371. The summed E-state index contributed by atoms with van der Waals surface area (Å²) >= 11 is 12.3. The summed E-state index contributed by atoms with van der Waals surface area (Å²) in [5, 5.41) is 3.64. The molecule has 1 N–H and O–H groups in total. The number of hydrogen-bond donors (Lipinski definition) is 1. The number of amides is 2. The summed E-state index contributed by atoms with van der Waals surface area (Å²) in [6, 6.07) is 19.0. The standard InChI is InChI=1S/C30H35Cl2N3O4S/c1-5-22(4)33-30(37)28(6-2)34(19-23-14-17-26(31)27(32)18-23)29(36)20-35(24-10-8-7-9-11-24)40(38,39)25-15-12-21(3)13-16-25/h7-18,22,28H,5-6,19-20H2,1-4H3,(H,33,37). The zero-order chi connectivity index (χ0) is 29.4. The zero-order valence-corrected chi connectivity index (χ0v) is 25.4. The normalized spacial score (nSPS) is 12.8. The largest absolute Gasteiger partial charge is 0.352 e. The first-order chi connectivity index (χ1) is 19.0. The van der Waals surface area contributed by atoms with Crippen LogP contribution in [0.2, 0.25) is 10.0 Å². The topological polar surface area (TPSA) is 86.8 Å². The van der Waals surface area contributed by atoms with Gasteiger partial charge in [0, 0.05) is 12.6 Å². The van der Waals surface area contributed by atoms with Crippen LogP contribution in [0.1, 0.15) is 44.7 Å². The number of benzene rings is 3. The summed E-state index contributed by atoms with van der Waals surface area (Å²) in [6.45, 7) is 7.06. The molecule has 3 aromatic rings. The van der Waals surface area contributed by atoms with Crippen LogP contribution in [0.3, 0.4) is 0 Å². The molecular weight excluding hydrogens is 569 g/mol. The van der Waals surface area contributed by atoms with Crippen LogP contribution in [-0.4, -0.2) is 43.8 Å². The maximum atomic E-state index is 14.1. The zero-order valence-electron chi connectivity index (χ0n) is 23.1. The molecule has 10 heteroatoms. The van der Waals surface area contributed by atoms with Crippen molar-refractivity contribution in [3.05, 3.63) is 94.0 Å². The van der Waals surface area contributed by atoms with Gasteiger partial charge < -0.3 is 10.2 Å². The van der Waals surface area contributed by atoms with Crippen LogP contribution in [0, 0.1) is 6.92 Å². The molecule has 0 saturated heterocycles. The van der Waals surface area contributed by atoms with E-state index in [0.29, 0.717) is 27.7 Å². The molecule has 0 aliphatic heterocycles. The number of carbonyl (C=O) groups is 2. The van der Waals surface area contributed by atoms with E-state index in [4.69, 9.17) is 23.2 Å². The molecule has 0 aromatic heterocycles. The lowest BCUT2D eigenvalue weighted by molar-refractivity contribution is -0.140. The van der Waals surface area contributed by atoms with E-state index in [-0.39, 0.29) is 23.4 Å². The molecule has 0 aliphatic rings. The maximum absolute atomic E-state index is 14.1. The minimum atomic E-state index is -4.11. The number of rotatable bonds is 12. The fourth-order valence-electron chi connectivity index (χ4n) is 4.16. The van der Waals surface area contributed by atoms with Crippen LogP contribution in [0.15, 0.2) is 77.7 Å². The average Bonchev–Trinajstić information content (AvgIpc) is 2.93. The van der Waals surface area contributed by atoms with Gasteiger partial charge in [-0.25, -0.2) is 8.42 Å². The first kappa shape index (κ1) is 31.5. The Hall–Kier alpha value is -3.07. The van der Waals surface area contributed by atoms with Gasteiger partial charge in [0.15, 0.2) is 0 Å². The lowest BCUT2D eigenvalue weighted by Crippen LogP contribution is -2.53. The van der Waals surface area contributed by atoms with E-state index in [1.807, 2.05) is 27.7 Å². The minimum Gasteiger partial charge on any atom is -0.352 e. The first-order valence-electron chi connectivity index (χ1n) is 13.2. The van der Waals surface area contributed by atoms with Gasteiger partial charge in [-0.3, -0.25) is 13.9 Å². The van der Waals surface area contributed by atoms with Crippen LogP contribution < -0.4 is 9.62 Å². The summed E-state index contributed by atoms with van der Waals surface area (Å²) in [4.78, 5) is 28.9. The molecule has 7 nitrogen and oxygen atoms in total. The highest BCUT2D eigenvalue weighted by Crippen LogP contribution is 2.27. The Morgan fingerprint density at radius 1 is 0.900 bits per heavy atom. The second kappa shape index (κ2) is 14.0. The van der Waals surface area contributed by atoms with Gasteiger partial charge in [0.1, 0.15) is 12.6 Å².